The van der Waals surface area contributed by atoms with Gasteiger partial charge in [-0.15, -0.1) is 0 Å². The molecule has 0 spiro atoms. The van der Waals surface area contributed by atoms with Gasteiger partial charge in [0.2, 0.25) is 11.8 Å². The molecule has 0 aliphatic rings. The first kappa shape index (κ1) is 28.5. The van der Waals surface area contributed by atoms with Crippen molar-refractivity contribution in [3.8, 4) is 0 Å². The van der Waals surface area contributed by atoms with Gasteiger partial charge in [0.15, 0.2) is 5.88 Å². The second kappa shape index (κ2) is 12.5. The number of amides is 2. The lowest BCUT2D eigenvalue weighted by atomic mass is 10.2. The predicted octanol–water partition coefficient (Wildman–Crippen LogP) is 1.40. The van der Waals surface area contributed by atoms with Crippen LogP contribution >= 0.6 is 0 Å². The van der Waals surface area contributed by atoms with E-state index < -0.39 is 22.5 Å². The largest absolute Gasteiger partial charge is 0.439 e. The molecule has 4 rings (SSSR count). The zero-order valence-electron chi connectivity index (χ0n) is 22.2. The highest BCUT2D eigenvalue weighted by Crippen LogP contribution is 2.18. The minimum absolute atomic E-state index is 0.0102. The first-order valence-corrected chi connectivity index (χ1v) is 12.5. The van der Waals surface area contributed by atoms with Crippen molar-refractivity contribution in [1.82, 2.24) is 19.1 Å². The lowest BCUT2D eigenvalue weighted by molar-refractivity contribution is -0.117. The van der Waals surface area contributed by atoms with Gasteiger partial charge in [-0.2, -0.15) is 0 Å². The molecule has 3 heterocycles. The molecule has 0 atom stereocenters. The van der Waals surface area contributed by atoms with Crippen molar-refractivity contribution in [3.05, 3.63) is 107 Å². The molecule has 14 nitrogen and oxygen atoms in total. The van der Waals surface area contributed by atoms with Crippen LogP contribution in [0.3, 0.4) is 0 Å². The summed E-state index contributed by atoms with van der Waals surface area (Å²) in [6.45, 7) is 3.35. The maximum atomic E-state index is 12.3. The lowest BCUT2D eigenvalue weighted by Gasteiger charge is -2.07. The maximum Gasteiger partial charge on any atom is 0.328 e. The summed E-state index contributed by atoms with van der Waals surface area (Å²) in [6.07, 6.45) is 4.31. The molecule has 4 N–H and O–H groups in total. The molecule has 0 unspecified atom stereocenters. The number of hydrogen-bond donors (Lipinski definition) is 4. The van der Waals surface area contributed by atoms with Crippen molar-refractivity contribution in [1.29, 1.82) is 0 Å². The number of furan rings is 1. The van der Waals surface area contributed by atoms with Crippen LogP contribution in [0.15, 0.2) is 77.4 Å². The monoisotopic (exact) mass is 561 g/mol. The van der Waals surface area contributed by atoms with E-state index in [9.17, 15) is 28.8 Å². The van der Waals surface area contributed by atoms with Crippen LogP contribution in [0.2, 0.25) is 0 Å². The molecule has 1 aromatic carbocycles. The number of carbonyl (C=O) groups excluding carboxylic acids is 2. The van der Waals surface area contributed by atoms with Crippen LogP contribution in [-0.4, -0.2) is 37.1 Å². The van der Waals surface area contributed by atoms with Gasteiger partial charge in [-0.1, -0.05) is 0 Å². The molecular formula is C27H27N7O7. The number of rotatable bonds is 10. The van der Waals surface area contributed by atoms with Crippen LogP contribution in [0.1, 0.15) is 29.7 Å². The average Bonchev–Trinajstić information content (AvgIpc) is 3.38. The van der Waals surface area contributed by atoms with Crippen LogP contribution < -0.4 is 33.1 Å². The van der Waals surface area contributed by atoms with Crippen molar-refractivity contribution in [2.45, 2.75) is 39.8 Å². The second-order valence-corrected chi connectivity index (χ2v) is 9.13. The number of aliphatic imine (C=N–C) groups is 1. The van der Waals surface area contributed by atoms with Gasteiger partial charge in [0.05, 0.1) is 11.9 Å². The molecule has 4 aromatic rings. The fourth-order valence-corrected chi connectivity index (χ4v) is 3.70. The van der Waals surface area contributed by atoms with E-state index in [4.69, 9.17) is 4.42 Å². The van der Waals surface area contributed by atoms with Gasteiger partial charge in [0, 0.05) is 61.2 Å². The number of aryl methyl sites for hydroxylation is 4. The van der Waals surface area contributed by atoms with E-state index in [1.807, 2.05) is 0 Å². The van der Waals surface area contributed by atoms with Gasteiger partial charge in [-0.25, -0.2) is 9.59 Å². The van der Waals surface area contributed by atoms with Crippen LogP contribution in [0, 0.1) is 13.8 Å². The van der Waals surface area contributed by atoms with E-state index in [1.165, 1.54) is 27.7 Å². The zero-order chi connectivity index (χ0) is 29.5. The summed E-state index contributed by atoms with van der Waals surface area (Å²) in [5.74, 6) is -0.0863. The summed E-state index contributed by atoms with van der Waals surface area (Å²) in [7, 11) is 0. The van der Waals surface area contributed by atoms with E-state index >= 15 is 0 Å². The molecule has 2 amide bonds. The SMILES string of the molecule is Cc1cn(CCC(=O)Nc2ccc(N=Cc3ccc(NC(=O)CCn4cc(C)c(=O)[nH]c4=O)o3)cc2)c(=O)[nH]c1=O. The number of H-pyrrole nitrogens is 2. The van der Waals surface area contributed by atoms with E-state index in [-0.39, 0.29) is 43.6 Å². The second-order valence-electron chi connectivity index (χ2n) is 9.13. The summed E-state index contributed by atoms with van der Waals surface area (Å²) in [5, 5.41) is 5.34. The van der Waals surface area contributed by atoms with Crippen LogP contribution in [0.5, 0.6) is 0 Å². The number of nitrogens with zero attached hydrogens (tertiary/aromatic N) is 3. The topological polar surface area (TPSA) is 193 Å². The highest BCUT2D eigenvalue weighted by molar-refractivity contribution is 5.91. The van der Waals surface area contributed by atoms with Crippen molar-refractivity contribution >= 4 is 35.3 Å². The van der Waals surface area contributed by atoms with Gasteiger partial charge < -0.3 is 9.73 Å². The highest BCUT2D eigenvalue weighted by Gasteiger charge is 2.09. The molecule has 0 aliphatic carbocycles. The molecule has 0 saturated heterocycles. The van der Waals surface area contributed by atoms with Crippen molar-refractivity contribution < 1.29 is 14.0 Å². The number of aromatic nitrogens is 4. The first-order valence-electron chi connectivity index (χ1n) is 12.5. The molecule has 41 heavy (non-hydrogen) atoms. The Labute approximate surface area is 231 Å². The summed E-state index contributed by atoms with van der Waals surface area (Å²) >= 11 is 0. The number of aromatic amines is 2. The molecule has 0 radical (unpaired) electrons. The maximum absolute atomic E-state index is 12.3. The van der Waals surface area contributed by atoms with Crippen molar-refractivity contribution in [2.75, 3.05) is 10.6 Å². The predicted molar refractivity (Wildman–Crippen MR) is 151 cm³/mol. The Balaban J connectivity index is 1.25. The van der Waals surface area contributed by atoms with Gasteiger partial charge >= 0.3 is 11.4 Å². The fraction of sp³-hybridized carbons (Fsp3) is 0.222. The molecule has 3 aromatic heterocycles. The molecule has 0 bridgehead atoms. The molecule has 212 valence electrons. The van der Waals surface area contributed by atoms with Gasteiger partial charge in [-0.3, -0.25) is 48.6 Å². The fourth-order valence-electron chi connectivity index (χ4n) is 3.70. The average molecular weight is 562 g/mol. The molecular weight excluding hydrogens is 534 g/mol. The highest BCUT2D eigenvalue weighted by atomic mass is 16.4. The Bertz CT molecular complexity index is 1840. The van der Waals surface area contributed by atoms with Crippen molar-refractivity contribution in [3.63, 3.8) is 0 Å². The third-order valence-electron chi connectivity index (χ3n) is 5.92. The standard InChI is InChI=1S/C27H27N7O7/c1-16-14-33(26(39)31-24(16)37)11-9-21(35)29-19-5-3-18(4-6-19)28-13-20-7-8-23(41-20)30-22(36)10-12-34-15-17(2)25(38)32-27(34)40/h3-8,13-15H,9-12H2,1-2H3,(H,29,35)(H,30,36)(H,31,37,39)(H,32,38,40). The summed E-state index contributed by atoms with van der Waals surface area (Å²) < 4.78 is 8.08. The number of benzene rings is 1. The molecule has 0 fully saturated rings. The van der Waals surface area contributed by atoms with Gasteiger partial charge in [-0.05, 0) is 44.2 Å². The normalized spacial score (nSPS) is 11.1. The smallest absolute Gasteiger partial charge is 0.328 e. The summed E-state index contributed by atoms with van der Waals surface area (Å²) in [5.41, 5.74) is -0.202. The van der Waals surface area contributed by atoms with Crippen molar-refractivity contribution in [2.24, 2.45) is 4.99 Å². The first-order chi connectivity index (χ1) is 19.6. The summed E-state index contributed by atoms with van der Waals surface area (Å²) in [4.78, 5) is 79.8. The van der Waals surface area contributed by atoms with Crippen LogP contribution in [0.4, 0.5) is 17.3 Å². The van der Waals surface area contributed by atoms with Crippen LogP contribution in [0.25, 0.3) is 0 Å². The number of hydrogen-bond acceptors (Lipinski definition) is 8. The Morgan fingerprint density at radius 3 is 1.90 bits per heavy atom. The number of nitrogens with one attached hydrogen (secondary N) is 4. The number of anilines is 2. The van der Waals surface area contributed by atoms with Gasteiger partial charge in [0.25, 0.3) is 11.1 Å². The number of carbonyl (C=O) groups is 2. The lowest BCUT2D eigenvalue weighted by Crippen LogP contribution is -2.31. The quantitative estimate of drug-likeness (QED) is 0.210. The third kappa shape index (κ3) is 7.75. The zero-order valence-corrected chi connectivity index (χ0v) is 22.2. The minimum atomic E-state index is -0.587. The molecule has 0 saturated carbocycles. The third-order valence-corrected chi connectivity index (χ3v) is 5.92. The molecule has 0 aliphatic heterocycles. The van der Waals surface area contributed by atoms with Crippen LogP contribution in [-0.2, 0) is 22.7 Å². The Morgan fingerprint density at radius 2 is 1.34 bits per heavy atom. The summed E-state index contributed by atoms with van der Waals surface area (Å²) in [6, 6.07) is 9.91. The Kier molecular flexibility index (Phi) is 8.72. The van der Waals surface area contributed by atoms with E-state index in [0.29, 0.717) is 28.3 Å². The molecule has 14 heteroatoms. The van der Waals surface area contributed by atoms with E-state index in [2.05, 4.69) is 25.6 Å². The minimum Gasteiger partial charge on any atom is -0.439 e. The van der Waals surface area contributed by atoms with E-state index in [0.717, 1.165) is 0 Å². The van der Waals surface area contributed by atoms with Gasteiger partial charge in [0.1, 0.15) is 5.76 Å². The Hall–Kier alpha value is -5.53. The van der Waals surface area contributed by atoms with E-state index in [1.54, 1.807) is 50.2 Å². The Morgan fingerprint density at radius 1 is 0.805 bits per heavy atom.